The molecule has 0 atom stereocenters. The summed E-state index contributed by atoms with van der Waals surface area (Å²) in [6, 6.07) is 6.59. The molecular weight excluding hydrogens is 347 g/mol. The van der Waals surface area contributed by atoms with Gasteiger partial charge >= 0.3 is 6.36 Å². The maximum atomic E-state index is 14.0. The van der Waals surface area contributed by atoms with Gasteiger partial charge in [0.15, 0.2) is 0 Å². The van der Waals surface area contributed by atoms with E-state index in [0.717, 1.165) is 18.2 Å². The lowest BCUT2D eigenvalue weighted by atomic mass is 10.0. The predicted molar refractivity (Wildman–Crippen MR) is 73.7 cm³/mol. The molecular formula is C14H6Cl2F4O2. The first-order valence-corrected chi connectivity index (χ1v) is 6.48. The lowest BCUT2D eigenvalue weighted by molar-refractivity contribution is -0.274. The number of ether oxygens (including phenoxy) is 1. The van der Waals surface area contributed by atoms with E-state index in [1.807, 2.05) is 0 Å². The van der Waals surface area contributed by atoms with Gasteiger partial charge in [-0.2, -0.15) is 0 Å². The molecule has 0 spiro atoms. The van der Waals surface area contributed by atoms with E-state index < -0.39 is 23.2 Å². The molecule has 22 heavy (non-hydrogen) atoms. The molecule has 0 aliphatic carbocycles. The van der Waals surface area contributed by atoms with E-state index in [1.165, 1.54) is 18.2 Å². The Balaban J connectivity index is 2.36. The first kappa shape index (κ1) is 16.6. The van der Waals surface area contributed by atoms with Crippen LogP contribution < -0.4 is 4.74 Å². The molecule has 0 fully saturated rings. The zero-order valence-corrected chi connectivity index (χ0v) is 12.1. The molecule has 8 heteroatoms. The van der Waals surface area contributed by atoms with Crippen LogP contribution in [-0.2, 0) is 0 Å². The minimum Gasteiger partial charge on any atom is -0.406 e. The molecule has 0 saturated heterocycles. The van der Waals surface area contributed by atoms with Gasteiger partial charge in [-0.25, -0.2) is 4.39 Å². The van der Waals surface area contributed by atoms with Crippen LogP contribution in [0, 0.1) is 5.82 Å². The molecule has 116 valence electrons. The Morgan fingerprint density at radius 3 is 2.18 bits per heavy atom. The van der Waals surface area contributed by atoms with E-state index in [2.05, 4.69) is 4.74 Å². The third-order valence-corrected chi connectivity index (χ3v) is 3.18. The third-order valence-electron chi connectivity index (χ3n) is 2.67. The summed E-state index contributed by atoms with van der Waals surface area (Å²) in [4.78, 5) is 11.0. The second-order valence-corrected chi connectivity index (χ2v) is 4.91. The molecule has 0 amide bonds. The molecule has 0 N–H and O–H groups in total. The Hall–Kier alpha value is -1.79. The molecule has 0 bridgehead atoms. The maximum Gasteiger partial charge on any atom is 0.573 e. The van der Waals surface area contributed by atoms with E-state index in [9.17, 15) is 22.4 Å². The van der Waals surface area contributed by atoms with E-state index in [1.54, 1.807) is 0 Å². The fourth-order valence-electron chi connectivity index (χ4n) is 1.75. The summed E-state index contributed by atoms with van der Waals surface area (Å²) < 4.78 is 53.9. The van der Waals surface area contributed by atoms with Crippen LogP contribution >= 0.6 is 23.2 Å². The molecule has 2 nitrogen and oxygen atoms in total. The van der Waals surface area contributed by atoms with Crippen LogP contribution in [0.3, 0.4) is 0 Å². The van der Waals surface area contributed by atoms with Crippen LogP contribution in [0.5, 0.6) is 5.75 Å². The predicted octanol–water partition coefficient (Wildman–Crippen LogP) is 5.42. The Bertz CT molecular complexity index is 712. The number of alkyl halides is 3. The molecule has 2 rings (SSSR count). The summed E-state index contributed by atoms with van der Waals surface area (Å²) in [5, 5.41) is -0.976. The highest BCUT2D eigenvalue weighted by Crippen LogP contribution is 2.31. The summed E-state index contributed by atoms with van der Waals surface area (Å²) in [7, 11) is 0. The highest BCUT2D eigenvalue weighted by molar-refractivity contribution is 6.68. The molecule has 0 saturated carbocycles. The molecule has 0 aliphatic heterocycles. The highest BCUT2D eigenvalue weighted by atomic mass is 35.5. The highest BCUT2D eigenvalue weighted by Gasteiger charge is 2.31. The Labute approximate surface area is 132 Å². The number of carbonyl (C=O) groups excluding carboxylic acids is 1. The molecule has 0 unspecified atom stereocenters. The van der Waals surface area contributed by atoms with Crippen LogP contribution in [-0.4, -0.2) is 11.6 Å². The summed E-state index contributed by atoms with van der Waals surface area (Å²) in [5.74, 6) is -1.21. The van der Waals surface area contributed by atoms with Crippen LogP contribution in [0.15, 0.2) is 36.4 Å². The number of rotatable bonds is 3. The standard InChI is InChI=1S/C14H6Cl2F4O2/c15-11-5-9(12(17)6-10(11)13(16)21)7-1-3-8(4-2-7)22-14(18,19)20/h1-6H. The van der Waals surface area contributed by atoms with E-state index in [4.69, 9.17) is 23.2 Å². The van der Waals surface area contributed by atoms with Crippen molar-refractivity contribution in [3.05, 3.63) is 52.8 Å². The van der Waals surface area contributed by atoms with Crippen molar-refractivity contribution >= 4 is 28.4 Å². The normalized spacial score (nSPS) is 11.4. The lowest BCUT2D eigenvalue weighted by Crippen LogP contribution is -2.16. The van der Waals surface area contributed by atoms with Gasteiger partial charge in [-0.05, 0) is 41.4 Å². The van der Waals surface area contributed by atoms with Gasteiger partial charge in [-0.1, -0.05) is 23.7 Å². The first-order valence-electron chi connectivity index (χ1n) is 5.72. The lowest BCUT2D eigenvalue weighted by Gasteiger charge is -2.10. The molecule has 2 aromatic carbocycles. The number of halogens is 6. The van der Waals surface area contributed by atoms with E-state index >= 15 is 0 Å². The molecule has 0 heterocycles. The average molecular weight is 353 g/mol. The van der Waals surface area contributed by atoms with Gasteiger partial charge in [0.2, 0.25) is 0 Å². The van der Waals surface area contributed by atoms with Crippen LogP contribution in [0.1, 0.15) is 10.4 Å². The minimum absolute atomic E-state index is 0.0187. The van der Waals surface area contributed by atoms with Gasteiger partial charge in [0.1, 0.15) is 11.6 Å². The van der Waals surface area contributed by atoms with Gasteiger partial charge < -0.3 is 4.74 Å². The van der Waals surface area contributed by atoms with Crippen LogP contribution in [0.4, 0.5) is 17.6 Å². The zero-order valence-electron chi connectivity index (χ0n) is 10.5. The van der Waals surface area contributed by atoms with Gasteiger partial charge in [0.05, 0.1) is 10.6 Å². The third kappa shape index (κ3) is 3.90. The van der Waals surface area contributed by atoms with Crippen molar-refractivity contribution in [1.82, 2.24) is 0 Å². The van der Waals surface area contributed by atoms with Gasteiger partial charge in [-0.15, -0.1) is 13.2 Å². The number of benzene rings is 2. The van der Waals surface area contributed by atoms with Crippen molar-refractivity contribution in [1.29, 1.82) is 0 Å². The van der Waals surface area contributed by atoms with Crippen molar-refractivity contribution in [3.8, 4) is 16.9 Å². The second-order valence-electron chi connectivity index (χ2n) is 4.16. The molecule has 2 aromatic rings. The van der Waals surface area contributed by atoms with Crippen LogP contribution in [0.25, 0.3) is 11.1 Å². The quantitative estimate of drug-likeness (QED) is 0.544. The number of hydrogen-bond acceptors (Lipinski definition) is 2. The largest absolute Gasteiger partial charge is 0.573 e. The number of carbonyl (C=O) groups is 1. The van der Waals surface area contributed by atoms with Gasteiger partial charge in [0.25, 0.3) is 5.24 Å². The second kappa shape index (κ2) is 6.14. The first-order chi connectivity index (χ1) is 10.2. The topological polar surface area (TPSA) is 26.3 Å². The van der Waals surface area contributed by atoms with Crippen molar-refractivity contribution in [3.63, 3.8) is 0 Å². The Kier molecular flexibility index (Phi) is 4.63. The maximum absolute atomic E-state index is 14.0. The molecule has 0 aliphatic rings. The fourth-order valence-corrected chi connectivity index (χ4v) is 2.21. The monoisotopic (exact) mass is 352 g/mol. The smallest absolute Gasteiger partial charge is 0.406 e. The van der Waals surface area contributed by atoms with Gasteiger partial charge in [0, 0.05) is 5.56 Å². The Morgan fingerprint density at radius 2 is 1.68 bits per heavy atom. The summed E-state index contributed by atoms with van der Waals surface area (Å²) in [5.41, 5.74) is 0.0920. The van der Waals surface area contributed by atoms with Crippen molar-refractivity contribution < 1.29 is 27.1 Å². The van der Waals surface area contributed by atoms with E-state index in [0.29, 0.717) is 0 Å². The van der Waals surface area contributed by atoms with Crippen molar-refractivity contribution in [2.75, 3.05) is 0 Å². The Morgan fingerprint density at radius 1 is 1.09 bits per heavy atom. The van der Waals surface area contributed by atoms with E-state index in [-0.39, 0.29) is 21.7 Å². The van der Waals surface area contributed by atoms with Crippen molar-refractivity contribution in [2.45, 2.75) is 6.36 Å². The fraction of sp³-hybridized carbons (Fsp3) is 0.0714. The van der Waals surface area contributed by atoms with Crippen LogP contribution in [0.2, 0.25) is 5.02 Å². The zero-order chi connectivity index (χ0) is 16.5. The minimum atomic E-state index is -4.81. The summed E-state index contributed by atoms with van der Waals surface area (Å²) >= 11 is 11.1. The summed E-state index contributed by atoms with van der Waals surface area (Å²) in [6.45, 7) is 0. The summed E-state index contributed by atoms with van der Waals surface area (Å²) in [6.07, 6.45) is -4.81. The number of hydrogen-bond donors (Lipinski definition) is 0. The van der Waals surface area contributed by atoms with Gasteiger partial charge in [-0.3, -0.25) is 4.79 Å². The SMILES string of the molecule is O=C(Cl)c1cc(F)c(-c2ccc(OC(F)(F)F)cc2)cc1Cl. The van der Waals surface area contributed by atoms with Crippen molar-refractivity contribution in [2.24, 2.45) is 0 Å². The average Bonchev–Trinajstić information content (AvgIpc) is 2.40. The molecule has 0 radical (unpaired) electrons. The molecule has 0 aromatic heterocycles.